The van der Waals surface area contributed by atoms with Crippen LogP contribution in [0.5, 0.6) is 5.75 Å². The quantitative estimate of drug-likeness (QED) is 0.691. The van der Waals surface area contributed by atoms with Gasteiger partial charge in [0.1, 0.15) is 5.75 Å². The lowest BCUT2D eigenvalue weighted by atomic mass is 10.2. The maximum atomic E-state index is 12.4. The highest BCUT2D eigenvalue weighted by Gasteiger charge is 2.36. The predicted octanol–water partition coefficient (Wildman–Crippen LogP) is 2.73. The first-order valence-electron chi connectivity index (χ1n) is 5.77. The number of carbonyl (C=O) groups excluding carboxylic acids is 2. The highest BCUT2D eigenvalue weighted by atomic mass is 32.1. The molecule has 1 N–H and O–H groups in total. The zero-order valence-electron chi connectivity index (χ0n) is 11.0. The van der Waals surface area contributed by atoms with Crippen molar-refractivity contribution >= 4 is 28.5 Å². The second-order valence-electron chi connectivity index (χ2n) is 3.96. The minimum atomic E-state index is -4.69. The largest absolute Gasteiger partial charge is 0.452 e. The zero-order chi connectivity index (χ0) is 16.3. The molecule has 1 amide bonds. The lowest BCUT2D eigenvalue weighted by Gasteiger charge is -2.07. The van der Waals surface area contributed by atoms with Crippen molar-refractivity contribution in [2.75, 3.05) is 5.32 Å². The van der Waals surface area contributed by atoms with Gasteiger partial charge in [0.05, 0.1) is 5.56 Å². The summed E-state index contributed by atoms with van der Waals surface area (Å²) in [4.78, 5) is 26.2. The van der Waals surface area contributed by atoms with E-state index in [1.54, 1.807) is 6.07 Å². The molecule has 0 fully saturated rings. The fraction of sp³-hybridized carbons (Fsp3) is 0.167. The smallest absolute Gasteiger partial charge is 0.426 e. The van der Waals surface area contributed by atoms with Gasteiger partial charge in [-0.1, -0.05) is 12.1 Å². The Morgan fingerprint density at radius 3 is 2.55 bits per heavy atom. The van der Waals surface area contributed by atoms with Crippen molar-refractivity contribution in [1.29, 1.82) is 0 Å². The molecule has 0 aliphatic rings. The van der Waals surface area contributed by atoms with Gasteiger partial charge in [-0.05, 0) is 12.1 Å². The summed E-state index contributed by atoms with van der Waals surface area (Å²) in [6.07, 6.45) is -4.69. The van der Waals surface area contributed by atoms with Crippen LogP contribution in [-0.2, 0) is 11.0 Å². The molecule has 2 rings (SSSR count). The Balaban J connectivity index is 2.19. The third-order valence-electron chi connectivity index (χ3n) is 2.29. The van der Waals surface area contributed by atoms with Crippen LogP contribution in [0, 0.1) is 0 Å². The Bertz CT molecular complexity index is 715. The Kier molecular flexibility index (Phi) is 4.40. The molecule has 0 aliphatic heterocycles. The molecule has 0 saturated carbocycles. The van der Waals surface area contributed by atoms with Gasteiger partial charge in [0.2, 0.25) is 11.0 Å². The molecule has 1 aromatic heterocycles. The number of rotatable bonds is 3. The molecule has 0 saturated heterocycles. The summed E-state index contributed by atoms with van der Waals surface area (Å²) in [7, 11) is 0. The molecule has 22 heavy (non-hydrogen) atoms. The van der Waals surface area contributed by atoms with Gasteiger partial charge in [0, 0.05) is 18.5 Å². The molecule has 0 radical (unpaired) electrons. The van der Waals surface area contributed by atoms with Gasteiger partial charge >= 0.3 is 12.1 Å². The van der Waals surface area contributed by atoms with Gasteiger partial charge in [-0.3, -0.25) is 14.9 Å². The molecule has 2 aromatic rings. The van der Waals surface area contributed by atoms with E-state index in [0.29, 0.717) is 11.5 Å². The fourth-order valence-electron chi connectivity index (χ4n) is 1.45. The van der Waals surface area contributed by atoms with E-state index < -0.39 is 23.9 Å². The number of aromatic nitrogens is 2. The standard InChI is InChI=1S/C12H8F3N3O3S/c1-6(19)21-8-5-3-2-4-7(8)9(20)16-11-17-10(18-22-11)12(13,14)15/h2-5H,1H3,(H,16,17,18,20). The predicted molar refractivity (Wildman–Crippen MR) is 70.6 cm³/mol. The zero-order valence-corrected chi connectivity index (χ0v) is 11.8. The minimum absolute atomic E-state index is 0.00643. The summed E-state index contributed by atoms with van der Waals surface area (Å²) in [5.74, 6) is -2.73. The van der Waals surface area contributed by atoms with Crippen LogP contribution in [0.3, 0.4) is 0 Å². The van der Waals surface area contributed by atoms with Crippen LogP contribution in [0.2, 0.25) is 0 Å². The maximum absolute atomic E-state index is 12.4. The van der Waals surface area contributed by atoms with Gasteiger partial charge in [0.15, 0.2) is 0 Å². The molecule has 6 nitrogen and oxygen atoms in total. The van der Waals surface area contributed by atoms with Crippen molar-refractivity contribution < 1.29 is 27.5 Å². The number of nitrogens with one attached hydrogen (secondary N) is 1. The first-order chi connectivity index (χ1) is 10.3. The topological polar surface area (TPSA) is 81.2 Å². The first-order valence-corrected chi connectivity index (χ1v) is 6.54. The average molecular weight is 331 g/mol. The highest BCUT2D eigenvalue weighted by Crippen LogP contribution is 2.29. The van der Waals surface area contributed by atoms with Crippen molar-refractivity contribution in [3.8, 4) is 5.75 Å². The second kappa shape index (κ2) is 6.10. The van der Waals surface area contributed by atoms with Crippen LogP contribution in [0.25, 0.3) is 0 Å². The van der Waals surface area contributed by atoms with Gasteiger partial charge < -0.3 is 4.74 Å². The summed E-state index contributed by atoms with van der Waals surface area (Å²) in [6, 6.07) is 5.81. The normalized spacial score (nSPS) is 11.1. The molecular weight excluding hydrogens is 323 g/mol. The molecule has 0 bridgehead atoms. The number of anilines is 1. The Hall–Kier alpha value is -2.49. The van der Waals surface area contributed by atoms with Gasteiger partial charge in [0.25, 0.3) is 5.91 Å². The van der Waals surface area contributed by atoms with E-state index in [-0.39, 0.29) is 16.4 Å². The second-order valence-corrected chi connectivity index (χ2v) is 4.72. The number of ether oxygens (including phenoxy) is 1. The van der Waals surface area contributed by atoms with Crippen LogP contribution in [0.15, 0.2) is 24.3 Å². The Morgan fingerprint density at radius 2 is 1.95 bits per heavy atom. The number of amides is 1. The van der Waals surface area contributed by atoms with Crippen LogP contribution < -0.4 is 10.1 Å². The molecular formula is C12H8F3N3O3S. The lowest BCUT2D eigenvalue weighted by molar-refractivity contribution is -0.144. The number of carbonyl (C=O) groups is 2. The molecule has 0 spiro atoms. The third-order valence-corrected chi connectivity index (χ3v) is 2.92. The van der Waals surface area contributed by atoms with E-state index in [1.807, 2.05) is 0 Å². The number of hydrogen-bond acceptors (Lipinski definition) is 6. The minimum Gasteiger partial charge on any atom is -0.426 e. The highest BCUT2D eigenvalue weighted by molar-refractivity contribution is 7.09. The first kappa shape index (κ1) is 15.9. The van der Waals surface area contributed by atoms with Crippen molar-refractivity contribution in [1.82, 2.24) is 9.36 Å². The summed E-state index contributed by atoms with van der Waals surface area (Å²) < 4.78 is 45.1. The Morgan fingerprint density at radius 1 is 1.27 bits per heavy atom. The van der Waals surface area contributed by atoms with E-state index in [2.05, 4.69) is 14.7 Å². The van der Waals surface area contributed by atoms with Crippen LogP contribution >= 0.6 is 11.5 Å². The number of para-hydroxylation sites is 1. The van der Waals surface area contributed by atoms with E-state index in [0.717, 1.165) is 6.92 Å². The number of alkyl halides is 3. The molecule has 10 heteroatoms. The number of benzene rings is 1. The van der Waals surface area contributed by atoms with Crippen LogP contribution in [0.4, 0.5) is 18.3 Å². The fourth-order valence-corrected chi connectivity index (χ4v) is 2.03. The summed E-state index contributed by atoms with van der Waals surface area (Å²) in [6.45, 7) is 1.16. The van der Waals surface area contributed by atoms with E-state index in [9.17, 15) is 22.8 Å². The van der Waals surface area contributed by atoms with Gasteiger partial charge in [-0.15, -0.1) is 0 Å². The lowest BCUT2D eigenvalue weighted by Crippen LogP contribution is -2.15. The third kappa shape index (κ3) is 3.79. The van der Waals surface area contributed by atoms with Crippen molar-refractivity contribution in [3.63, 3.8) is 0 Å². The van der Waals surface area contributed by atoms with Crippen molar-refractivity contribution in [2.45, 2.75) is 13.1 Å². The van der Waals surface area contributed by atoms with E-state index >= 15 is 0 Å². The molecule has 0 unspecified atom stereocenters. The monoisotopic (exact) mass is 331 g/mol. The Labute approximate surface area is 126 Å². The molecule has 116 valence electrons. The molecule has 1 aromatic carbocycles. The number of nitrogens with zero attached hydrogens (tertiary/aromatic N) is 2. The molecule has 0 aliphatic carbocycles. The van der Waals surface area contributed by atoms with Crippen LogP contribution in [-0.4, -0.2) is 21.2 Å². The SMILES string of the molecule is CC(=O)Oc1ccccc1C(=O)Nc1nc(C(F)(F)F)ns1. The maximum Gasteiger partial charge on any atom is 0.452 e. The number of esters is 1. The molecule has 0 atom stereocenters. The average Bonchev–Trinajstić information content (AvgIpc) is 2.87. The molecule has 1 heterocycles. The van der Waals surface area contributed by atoms with Gasteiger partial charge in [-0.25, -0.2) is 0 Å². The van der Waals surface area contributed by atoms with Crippen molar-refractivity contribution in [2.24, 2.45) is 0 Å². The summed E-state index contributed by atoms with van der Waals surface area (Å²) >= 11 is 0.398. The number of hydrogen-bond donors (Lipinski definition) is 1. The van der Waals surface area contributed by atoms with E-state index in [1.165, 1.54) is 18.2 Å². The number of halogens is 3. The van der Waals surface area contributed by atoms with Gasteiger partial charge in [-0.2, -0.15) is 22.5 Å². The summed E-state index contributed by atoms with van der Waals surface area (Å²) in [5.41, 5.74) is -0.0125. The van der Waals surface area contributed by atoms with Crippen molar-refractivity contribution in [3.05, 3.63) is 35.7 Å². The van der Waals surface area contributed by atoms with Crippen LogP contribution in [0.1, 0.15) is 23.1 Å². The van der Waals surface area contributed by atoms with E-state index in [4.69, 9.17) is 4.74 Å². The summed E-state index contributed by atoms with van der Waals surface area (Å²) in [5, 5.41) is 1.87.